The van der Waals surface area contributed by atoms with E-state index in [4.69, 9.17) is 4.74 Å². The molecule has 3 rings (SSSR count). The molecule has 1 saturated carbocycles. The van der Waals surface area contributed by atoms with E-state index in [0.29, 0.717) is 12.5 Å². The fourth-order valence-electron chi connectivity index (χ4n) is 4.42. The zero-order valence-corrected chi connectivity index (χ0v) is 19.6. The van der Waals surface area contributed by atoms with E-state index in [1.807, 2.05) is 6.92 Å². The molecule has 0 amide bonds. The van der Waals surface area contributed by atoms with Crippen LogP contribution in [0.25, 0.3) is 0 Å². The first-order valence-electron chi connectivity index (χ1n) is 12.3. The molecule has 1 nitrogen and oxygen atoms in total. The van der Waals surface area contributed by atoms with Crippen molar-refractivity contribution in [2.45, 2.75) is 84.0 Å². The van der Waals surface area contributed by atoms with E-state index in [1.165, 1.54) is 55.4 Å². The molecule has 0 spiro atoms. The van der Waals surface area contributed by atoms with Crippen LogP contribution in [0.1, 0.15) is 94.2 Å². The predicted molar refractivity (Wildman–Crippen MR) is 128 cm³/mol. The molecule has 0 N–H and O–H groups in total. The third-order valence-corrected chi connectivity index (χ3v) is 6.42. The van der Waals surface area contributed by atoms with Crippen LogP contribution in [-0.2, 0) is 6.42 Å². The zero-order chi connectivity index (χ0) is 22.8. The van der Waals surface area contributed by atoms with Crippen molar-refractivity contribution in [1.82, 2.24) is 0 Å². The summed E-state index contributed by atoms with van der Waals surface area (Å²) in [5.41, 5.74) is 2.97. The summed E-state index contributed by atoms with van der Waals surface area (Å²) in [5.74, 6) is 4.99. The van der Waals surface area contributed by atoms with Crippen molar-refractivity contribution in [3.05, 3.63) is 64.7 Å². The number of ether oxygens (including phenoxy) is 1. The van der Waals surface area contributed by atoms with Crippen LogP contribution < -0.4 is 4.74 Å². The molecule has 2 aromatic carbocycles. The number of hydrogen-bond donors (Lipinski definition) is 0. The van der Waals surface area contributed by atoms with Gasteiger partial charge in [0.15, 0.2) is 11.6 Å². The summed E-state index contributed by atoms with van der Waals surface area (Å²) in [6.07, 6.45) is 11.3. The Labute approximate surface area is 192 Å². The van der Waals surface area contributed by atoms with E-state index in [9.17, 15) is 8.78 Å². The van der Waals surface area contributed by atoms with Crippen molar-refractivity contribution in [1.29, 1.82) is 0 Å². The number of unbranched alkanes of at least 4 members (excludes halogenated alkanes) is 3. The number of halogens is 2. The quantitative estimate of drug-likeness (QED) is 0.283. The highest BCUT2D eigenvalue weighted by atomic mass is 19.2. The highest BCUT2D eigenvalue weighted by Crippen LogP contribution is 2.35. The Hall–Kier alpha value is -2.34. The topological polar surface area (TPSA) is 9.23 Å². The minimum absolute atomic E-state index is 0.0395. The lowest BCUT2D eigenvalue weighted by Gasteiger charge is -2.26. The maximum atomic E-state index is 14.3. The first-order chi connectivity index (χ1) is 15.6. The summed E-state index contributed by atoms with van der Waals surface area (Å²) < 4.78 is 33.7. The average molecular weight is 439 g/mol. The first-order valence-corrected chi connectivity index (χ1v) is 12.3. The molecule has 1 aliphatic carbocycles. The van der Waals surface area contributed by atoms with Gasteiger partial charge in [-0.15, -0.1) is 0 Å². The summed E-state index contributed by atoms with van der Waals surface area (Å²) >= 11 is 0. The van der Waals surface area contributed by atoms with Crippen molar-refractivity contribution >= 4 is 0 Å². The molecule has 0 unspecified atom stereocenters. The molecule has 172 valence electrons. The maximum absolute atomic E-state index is 14.3. The van der Waals surface area contributed by atoms with E-state index in [0.717, 1.165) is 32.1 Å². The van der Waals surface area contributed by atoms with Gasteiger partial charge in [-0.2, -0.15) is 4.39 Å². The Balaban J connectivity index is 1.51. The van der Waals surface area contributed by atoms with Crippen LogP contribution in [0.4, 0.5) is 8.78 Å². The van der Waals surface area contributed by atoms with Crippen molar-refractivity contribution in [2.24, 2.45) is 5.92 Å². The number of hydrogen-bond acceptors (Lipinski definition) is 1. The van der Waals surface area contributed by atoms with Gasteiger partial charge in [0.2, 0.25) is 5.82 Å². The fraction of sp³-hybridized carbons (Fsp3) is 0.517. The van der Waals surface area contributed by atoms with Gasteiger partial charge in [-0.1, -0.05) is 69.2 Å². The lowest BCUT2D eigenvalue weighted by Crippen LogP contribution is -2.12. The second-order valence-electron chi connectivity index (χ2n) is 8.96. The van der Waals surface area contributed by atoms with E-state index >= 15 is 0 Å². The van der Waals surface area contributed by atoms with Gasteiger partial charge in [-0.05, 0) is 74.1 Å². The van der Waals surface area contributed by atoms with E-state index in [-0.39, 0.29) is 17.2 Å². The van der Waals surface area contributed by atoms with Gasteiger partial charge < -0.3 is 4.74 Å². The van der Waals surface area contributed by atoms with Crippen molar-refractivity contribution < 1.29 is 13.5 Å². The second-order valence-corrected chi connectivity index (χ2v) is 8.96. The molecule has 3 heteroatoms. The monoisotopic (exact) mass is 438 g/mol. The molecule has 0 atom stereocenters. The Morgan fingerprint density at radius 2 is 1.59 bits per heavy atom. The predicted octanol–water partition coefficient (Wildman–Crippen LogP) is 8.20. The summed E-state index contributed by atoms with van der Waals surface area (Å²) in [7, 11) is 0. The molecular weight excluding hydrogens is 402 g/mol. The van der Waals surface area contributed by atoms with Gasteiger partial charge in [-0.25, -0.2) is 4.39 Å². The smallest absolute Gasteiger partial charge is 0.201 e. The van der Waals surface area contributed by atoms with Gasteiger partial charge in [0.1, 0.15) is 0 Å². The van der Waals surface area contributed by atoms with Crippen LogP contribution in [0, 0.1) is 29.4 Å². The van der Waals surface area contributed by atoms with Gasteiger partial charge in [0.05, 0.1) is 12.2 Å². The van der Waals surface area contributed by atoms with Crippen molar-refractivity contribution in [3.8, 4) is 17.6 Å². The molecule has 0 aliphatic heterocycles. The molecule has 1 aliphatic rings. The maximum Gasteiger partial charge on any atom is 0.201 e. The first kappa shape index (κ1) is 24.3. The Kier molecular flexibility index (Phi) is 9.60. The van der Waals surface area contributed by atoms with Crippen LogP contribution in [0.3, 0.4) is 0 Å². The SMILES string of the molecule is CCCCCCc1ccc([C@H]2CC[C@H](C#Cc3ccc(OCCC)c(F)c3F)CC2)cc1. The number of benzene rings is 2. The second kappa shape index (κ2) is 12.6. The molecule has 32 heavy (non-hydrogen) atoms. The number of rotatable bonds is 9. The van der Waals surface area contributed by atoms with Crippen LogP contribution in [0.15, 0.2) is 36.4 Å². The lowest BCUT2D eigenvalue weighted by atomic mass is 9.78. The Morgan fingerprint density at radius 1 is 0.844 bits per heavy atom. The molecule has 1 fully saturated rings. The average Bonchev–Trinajstić information content (AvgIpc) is 2.83. The van der Waals surface area contributed by atoms with Gasteiger partial charge in [-0.3, -0.25) is 0 Å². The number of aryl methyl sites for hydroxylation is 1. The van der Waals surface area contributed by atoms with Gasteiger partial charge >= 0.3 is 0 Å². The van der Waals surface area contributed by atoms with Gasteiger partial charge in [0, 0.05) is 5.92 Å². The Bertz CT molecular complexity index is 899. The minimum Gasteiger partial charge on any atom is -0.490 e. The normalized spacial score (nSPS) is 18.1. The molecule has 0 aromatic heterocycles. The molecule has 0 radical (unpaired) electrons. The van der Waals surface area contributed by atoms with E-state index < -0.39 is 11.6 Å². The van der Waals surface area contributed by atoms with Gasteiger partial charge in [0.25, 0.3) is 0 Å². The van der Waals surface area contributed by atoms with Crippen LogP contribution in [-0.4, -0.2) is 6.61 Å². The zero-order valence-electron chi connectivity index (χ0n) is 19.6. The third-order valence-electron chi connectivity index (χ3n) is 6.42. The summed E-state index contributed by atoms with van der Waals surface area (Å²) in [6, 6.07) is 12.2. The largest absolute Gasteiger partial charge is 0.490 e. The van der Waals surface area contributed by atoms with Crippen molar-refractivity contribution in [2.75, 3.05) is 6.61 Å². The summed E-state index contributed by atoms with van der Waals surface area (Å²) in [4.78, 5) is 0. The van der Waals surface area contributed by atoms with Crippen molar-refractivity contribution in [3.63, 3.8) is 0 Å². The third kappa shape index (κ3) is 6.83. The van der Waals surface area contributed by atoms with E-state index in [1.54, 1.807) is 0 Å². The van der Waals surface area contributed by atoms with Crippen LogP contribution in [0.2, 0.25) is 0 Å². The molecule has 0 saturated heterocycles. The molecule has 0 heterocycles. The lowest BCUT2D eigenvalue weighted by molar-refractivity contribution is 0.295. The fourth-order valence-corrected chi connectivity index (χ4v) is 4.42. The highest BCUT2D eigenvalue weighted by Gasteiger charge is 2.21. The summed E-state index contributed by atoms with van der Waals surface area (Å²) in [5, 5.41) is 0. The molecule has 0 bridgehead atoms. The van der Waals surface area contributed by atoms with E-state index in [2.05, 4.69) is 43.0 Å². The minimum atomic E-state index is -0.942. The Morgan fingerprint density at radius 3 is 2.28 bits per heavy atom. The highest BCUT2D eigenvalue weighted by molar-refractivity contribution is 5.41. The molecule has 2 aromatic rings. The summed E-state index contributed by atoms with van der Waals surface area (Å²) in [6.45, 7) is 4.54. The molecular formula is C29H36F2O. The van der Waals surface area contributed by atoms with Crippen LogP contribution >= 0.6 is 0 Å². The standard InChI is InChI=1S/C29H36F2O/c1-3-5-6-7-8-22-9-14-24(15-10-22)25-16-11-23(12-17-25)13-18-26-19-20-27(32-21-4-2)29(31)28(26)30/h9-10,14-15,19-20,23,25H,3-8,11-12,16-17,21H2,1-2H3/t23-,25-. The van der Waals surface area contributed by atoms with Crippen LogP contribution in [0.5, 0.6) is 5.75 Å².